The monoisotopic (exact) mass is 583 g/mol. The van der Waals surface area contributed by atoms with Crippen molar-refractivity contribution in [2.75, 3.05) is 44.4 Å². The van der Waals surface area contributed by atoms with Crippen molar-refractivity contribution in [1.82, 2.24) is 4.90 Å². The number of rotatable bonds is 7. The molecule has 0 atom stereocenters. The van der Waals surface area contributed by atoms with Gasteiger partial charge in [0.1, 0.15) is 0 Å². The van der Waals surface area contributed by atoms with Crippen molar-refractivity contribution in [2.24, 2.45) is 0 Å². The first-order valence-corrected chi connectivity index (χ1v) is 10.7. The second-order valence-corrected chi connectivity index (χ2v) is 9.08. The number of anilines is 2. The molecule has 9 heteroatoms. The van der Waals surface area contributed by atoms with Crippen molar-refractivity contribution < 1.29 is 18.0 Å². The van der Waals surface area contributed by atoms with Gasteiger partial charge in [0.05, 0.1) is 16.9 Å². The number of carbonyl (C=O) groups is 1. The highest BCUT2D eigenvalue weighted by Crippen LogP contribution is 2.35. The minimum atomic E-state index is -4.49. The molecule has 0 radical (unpaired) electrons. The quantitative estimate of drug-likeness (QED) is 0.424. The van der Waals surface area contributed by atoms with Crippen LogP contribution in [0.3, 0.4) is 0 Å². The van der Waals surface area contributed by atoms with E-state index in [-0.39, 0.29) is 5.69 Å². The molecule has 2 rings (SSSR count). The lowest BCUT2D eigenvalue weighted by Crippen LogP contribution is -2.25. The molecule has 1 amide bonds. The Labute approximate surface area is 190 Å². The number of carbonyl (C=O) groups excluding carboxylic acids is 1. The maximum absolute atomic E-state index is 13.2. The third kappa shape index (κ3) is 7.14. The highest BCUT2D eigenvalue weighted by atomic mass is 127. The molecule has 0 aliphatic heterocycles. The van der Waals surface area contributed by atoms with E-state index in [4.69, 9.17) is 0 Å². The molecule has 0 saturated heterocycles. The Bertz CT molecular complexity index is 854. The number of nitrogens with zero attached hydrogens (tertiary/aromatic N) is 2. The fourth-order valence-electron chi connectivity index (χ4n) is 2.77. The number of hydrogen-bond donors (Lipinski definition) is 1. The lowest BCUT2D eigenvalue weighted by atomic mass is 10.1. The van der Waals surface area contributed by atoms with Gasteiger partial charge in [0, 0.05) is 27.2 Å². The molecular formula is C20H22BrF3IN3O. The fourth-order valence-corrected chi connectivity index (χ4v) is 4.36. The van der Waals surface area contributed by atoms with Gasteiger partial charge in [-0.05, 0) is 86.0 Å². The van der Waals surface area contributed by atoms with Crippen LogP contribution in [0.4, 0.5) is 24.5 Å². The van der Waals surface area contributed by atoms with Crippen LogP contribution >= 0.6 is 38.5 Å². The van der Waals surface area contributed by atoms with E-state index in [9.17, 15) is 18.0 Å². The van der Waals surface area contributed by atoms with Crippen molar-refractivity contribution in [3.63, 3.8) is 0 Å². The molecule has 0 bridgehead atoms. The first-order chi connectivity index (χ1) is 13.5. The molecule has 1 N–H and O–H groups in total. The average Bonchev–Trinajstić information content (AvgIpc) is 2.59. The van der Waals surface area contributed by atoms with Crippen LogP contribution in [0.2, 0.25) is 0 Å². The molecule has 0 aromatic heterocycles. The third-order valence-electron chi connectivity index (χ3n) is 4.21. The summed E-state index contributed by atoms with van der Waals surface area (Å²) in [5.41, 5.74) is 0.228. The zero-order chi connectivity index (χ0) is 21.8. The van der Waals surface area contributed by atoms with Gasteiger partial charge in [-0.25, -0.2) is 0 Å². The third-order valence-corrected chi connectivity index (χ3v) is 5.29. The Morgan fingerprint density at radius 2 is 1.79 bits per heavy atom. The largest absolute Gasteiger partial charge is 0.416 e. The molecule has 2 aromatic carbocycles. The number of hydrogen-bond acceptors (Lipinski definition) is 3. The fraction of sp³-hybridized carbons (Fsp3) is 0.350. The van der Waals surface area contributed by atoms with Crippen LogP contribution in [0.5, 0.6) is 0 Å². The summed E-state index contributed by atoms with van der Waals surface area (Å²) in [6.07, 6.45) is -3.66. The van der Waals surface area contributed by atoms with Gasteiger partial charge in [0.25, 0.3) is 5.91 Å². The zero-order valence-electron chi connectivity index (χ0n) is 16.3. The maximum atomic E-state index is 13.2. The van der Waals surface area contributed by atoms with Crippen LogP contribution in [0.25, 0.3) is 0 Å². The molecule has 0 spiro atoms. The second kappa shape index (κ2) is 10.1. The lowest BCUT2D eigenvalue weighted by Gasteiger charge is -2.24. The molecule has 0 unspecified atom stereocenters. The first kappa shape index (κ1) is 23.9. The van der Waals surface area contributed by atoms with Crippen LogP contribution in [0.15, 0.2) is 40.9 Å². The molecule has 158 valence electrons. The summed E-state index contributed by atoms with van der Waals surface area (Å²) >= 11 is 5.41. The van der Waals surface area contributed by atoms with E-state index in [1.54, 1.807) is 19.2 Å². The van der Waals surface area contributed by atoms with Crippen molar-refractivity contribution in [2.45, 2.75) is 12.6 Å². The molecule has 2 aromatic rings. The molecule has 0 aliphatic rings. The Morgan fingerprint density at radius 1 is 1.10 bits per heavy atom. The van der Waals surface area contributed by atoms with E-state index < -0.39 is 17.6 Å². The predicted molar refractivity (Wildman–Crippen MR) is 123 cm³/mol. The standard InChI is InChI=1S/C20H22BrF3IN3O/c1-27(2)7-4-8-28(3)18-6-5-14(20(22,23)24)11-17(18)26-19(29)13-9-15(21)12-16(25)10-13/h5-6,9-12H,4,7-8H2,1-3H3,(H,26,29). The number of amides is 1. The van der Waals surface area contributed by atoms with Gasteiger partial charge in [0.2, 0.25) is 0 Å². The van der Waals surface area contributed by atoms with E-state index in [1.807, 2.05) is 30.0 Å². The smallest absolute Gasteiger partial charge is 0.373 e. The van der Waals surface area contributed by atoms with Gasteiger partial charge in [-0.15, -0.1) is 0 Å². The molecule has 0 fully saturated rings. The minimum absolute atomic E-state index is 0.132. The minimum Gasteiger partial charge on any atom is -0.373 e. The molecule has 29 heavy (non-hydrogen) atoms. The van der Waals surface area contributed by atoms with E-state index in [2.05, 4.69) is 43.8 Å². The van der Waals surface area contributed by atoms with Crippen molar-refractivity contribution in [3.05, 3.63) is 55.6 Å². The van der Waals surface area contributed by atoms with E-state index in [0.717, 1.165) is 33.1 Å². The second-order valence-electron chi connectivity index (χ2n) is 6.92. The van der Waals surface area contributed by atoms with Crippen LogP contribution in [-0.4, -0.2) is 45.0 Å². The van der Waals surface area contributed by atoms with Gasteiger partial charge in [0.15, 0.2) is 0 Å². The molecule has 0 aliphatic carbocycles. The molecule has 0 saturated carbocycles. The Kier molecular flexibility index (Phi) is 8.36. The van der Waals surface area contributed by atoms with Crippen LogP contribution in [-0.2, 0) is 6.18 Å². The predicted octanol–water partition coefficient (Wildman–Crippen LogP) is 5.71. The summed E-state index contributed by atoms with van der Waals surface area (Å²) in [4.78, 5) is 16.6. The number of benzene rings is 2. The Hall–Kier alpha value is -1.33. The van der Waals surface area contributed by atoms with Crippen molar-refractivity contribution in [1.29, 1.82) is 0 Å². The topological polar surface area (TPSA) is 35.6 Å². The van der Waals surface area contributed by atoms with Gasteiger partial charge in [-0.1, -0.05) is 15.9 Å². The van der Waals surface area contributed by atoms with Crippen molar-refractivity contribution >= 4 is 55.8 Å². The molecule has 4 nitrogen and oxygen atoms in total. The summed E-state index contributed by atoms with van der Waals surface area (Å²) in [5, 5.41) is 2.66. The zero-order valence-corrected chi connectivity index (χ0v) is 20.0. The first-order valence-electron chi connectivity index (χ1n) is 8.82. The number of alkyl halides is 3. The summed E-state index contributed by atoms with van der Waals surface area (Å²) in [6.45, 7) is 1.49. The van der Waals surface area contributed by atoms with Gasteiger partial charge < -0.3 is 15.1 Å². The highest BCUT2D eigenvalue weighted by Gasteiger charge is 2.31. The Balaban J connectivity index is 2.33. The van der Waals surface area contributed by atoms with Crippen LogP contribution in [0, 0.1) is 3.57 Å². The van der Waals surface area contributed by atoms with Crippen LogP contribution < -0.4 is 10.2 Å². The Morgan fingerprint density at radius 3 is 2.38 bits per heavy atom. The van der Waals surface area contributed by atoms with Gasteiger partial charge in [-0.3, -0.25) is 4.79 Å². The summed E-state index contributed by atoms with van der Waals surface area (Å²) in [7, 11) is 5.72. The molecule has 0 heterocycles. The van der Waals surface area contributed by atoms with E-state index in [0.29, 0.717) is 17.8 Å². The van der Waals surface area contributed by atoms with Crippen LogP contribution in [0.1, 0.15) is 22.3 Å². The summed E-state index contributed by atoms with van der Waals surface area (Å²) < 4.78 is 41.2. The number of nitrogens with one attached hydrogen (secondary N) is 1. The lowest BCUT2D eigenvalue weighted by molar-refractivity contribution is -0.137. The van der Waals surface area contributed by atoms with E-state index >= 15 is 0 Å². The van der Waals surface area contributed by atoms with Gasteiger partial charge >= 0.3 is 6.18 Å². The summed E-state index contributed by atoms with van der Waals surface area (Å²) in [6, 6.07) is 8.57. The SMILES string of the molecule is CN(C)CCCN(C)c1ccc(C(F)(F)F)cc1NC(=O)c1cc(Br)cc(I)c1. The van der Waals surface area contributed by atoms with Gasteiger partial charge in [-0.2, -0.15) is 13.2 Å². The normalized spacial score (nSPS) is 11.6. The average molecular weight is 584 g/mol. The number of halogens is 5. The van der Waals surface area contributed by atoms with E-state index in [1.165, 1.54) is 6.07 Å². The van der Waals surface area contributed by atoms with Crippen molar-refractivity contribution in [3.8, 4) is 0 Å². The molecular weight excluding hydrogens is 562 g/mol. The maximum Gasteiger partial charge on any atom is 0.416 e. The highest BCUT2D eigenvalue weighted by molar-refractivity contribution is 14.1. The summed E-state index contributed by atoms with van der Waals surface area (Å²) in [5.74, 6) is -0.466.